The van der Waals surface area contributed by atoms with Gasteiger partial charge in [0.2, 0.25) is 0 Å². The Labute approximate surface area is 124 Å². The van der Waals surface area contributed by atoms with Crippen LogP contribution in [0.4, 0.5) is 5.69 Å². The van der Waals surface area contributed by atoms with Crippen molar-refractivity contribution in [1.29, 1.82) is 0 Å². The molecule has 0 fully saturated rings. The fraction of sp³-hybridized carbons (Fsp3) is 0.235. The Balaban J connectivity index is 2.06. The first kappa shape index (κ1) is 14.9. The topological polar surface area (TPSA) is 58.6 Å². The molecule has 0 aliphatic carbocycles. The molecule has 2 rings (SSSR count). The summed E-state index contributed by atoms with van der Waals surface area (Å²) in [5.74, 6) is 0.193. The Kier molecular flexibility index (Phi) is 4.82. The maximum Gasteiger partial charge on any atom is 0.308 e. The van der Waals surface area contributed by atoms with Crippen LogP contribution in [0.3, 0.4) is 0 Å². The predicted octanol–water partition coefficient (Wildman–Crippen LogP) is 4.00. The molecule has 4 nitrogen and oxygen atoms in total. The fourth-order valence-electron chi connectivity index (χ4n) is 1.88. The van der Waals surface area contributed by atoms with Gasteiger partial charge in [-0.15, -0.1) is 0 Å². The standard InChI is InChI=1S/C17H19NO3/c1-12(17(19)20)13(2)18-14-7-6-10-16(11-14)21-15-8-4-3-5-9-15/h3-13,18H,1-2H3,(H,19,20). The first-order chi connectivity index (χ1) is 10.1. The van der Waals surface area contributed by atoms with Crippen LogP contribution in [0.15, 0.2) is 54.6 Å². The zero-order valence-corrected chi connectivity index (χ0v) is 12.1. The second-order valence-electron chi connectivity index (χ2n) is 5.00. The van der Waals surface area contributed by atoms with Crippen LogP contribution < -0.4 is 10.1 Å². The summed E-state index contributed by atoms with van der Waals surface area (Å²) in [4.78, 5) is 11.0. The van der Waals surface area contributed by atoms with Gasteiger partial charge < -0.3 is 15.2 Å². The average Bonchev–Trinajstić information content (AvgIpc) is 2.47. The van der Waals surface area contributed by atoms with Gasteiger partial charge in [0, 0.05) is 17.8 Å². The number of carboxylic acid groups (broad SMARTS) is 1. The van der Waals surface area contributed by atoms with E-state index in [9.17, 15) is 4.79 Å². The van der Waals surface area contributed by atoms with E-state index in [-0.39, 0.29) is 6.04 Å². The van der Waals surface area contributed by atoms with Crippen LogP contribution in [0, 0.1) is 5.92 Å². The van der Waals surface area contributed by atoms with Crippen LogP contribution in [0.1, 0.15) is 13.8 Å². The molecule has 0 saturated heterocycles. The third-order valence-corrected chi connectivity index (χ3v) is 3.35. The lowest BCUT2D eigenvalue weighted by molar-refractivity contribution is -0.141. The number of hydrogen-bond donors (Lipinski definition) is 2. The summed E-state index contributed by atoms with van der Waals surface area (Å²) in [6, 6.07) is 16.8. The summed E-state index contributed by atoms with van der Waals surface area (Å²) in [7, 11) is 0. The first-order valence-electron chi connectivity index (χ1n) is 6.88. The van der Waals surface area contributed by atoms with Crippen molar-refractivity contribution in [2.24, 2.45) is 5.92 Å². The largest absolute Gasteiger partial charge is 0.481 e. The van der Waals surface area contributed by atoms with E-state index in [0.717, 1.165) is 11.4 Å². The van der Waals surface area contributed by atoms with E-state index in [2.05, 4.69) is 5.32 Å². The number of carboxylic acids is 1. The molecule has 4 heteroatoms. The smallest absolute Gasteiger partial charge is 0.308 e. The summed E-state index contributed by atoms with van der Waals surface area (Å²) >= 11 is 0. The lowest BCUT2D eigenvalue weighted by Gasteiger charge is -2.19. The molecule has 0 aromatic heterocycles. The molecule has 0 saturated carbocycles. The highest BCUT2D eigenvalue weighted by Crippen LogP contribution is 2.24. The van der Waals surface area contributed by atoms with Crippen molar-refractivity contribution in [3.05, 3.63) is 54.6 Å². The molecule has 2 atom stereocenters. The van der Waals surface area contributed by atoms with Crippen molar-refractivity contribution in [1.82, 2.24) is 0 Å². The Morgan fingerprint density at radius 2 is 1.71 bits per heavy atom. The van der Waals surface area contributed by atoms with Crippen LogP contribution in [0.2, 0.25) is 0 Å². The SMILES string of the molecule is CC(Nc1cccc(Oc2ccccc2)c1)C(C)C(=O)O. The van der Waals surface area contributed by atoms with Gasteiger partial charge in [-0.3, -0.25) is 4.79 Å². The lowest BCUT2D eigenvalue weighted by Crippen LogP contribution is -2.29. The summed E-state index contributed by atoms with van der Waals surface area (Å²) in [6.07, 6.45) is 0. The van der Waals surface area contributed by atoms with Crippen molar-refractivity contribution in [2.75, 3.05) is 5.32 Å². The van der Waals surface area contributed by atoms with E-state index in [1.54, 1.807) is 6.92 Å². The molecule has 0 bridgehead atoms. The van der Waals surface area contributed by atoms with Gasteiger partial charge in [-0.25, -0.2) is 0 Å². The van der Waals surface area contributed by atoms with E-state index < -0.39 is 11.9 Å². The highest BCUT2D eigenvalue weighted by atomic mass is 16.5. The summed E-state index contributed by atoms with van der Waals surface area (Å²) < 4.78 is 5.75. The molecule has 0 amide bonds. The number of anilines is 1. The maximum absolute atomic E-state index is 11.0. The summed E-state index contributed by atoms with van der Waals surface area (Å²) in [5.41, 5.74) is 0.837. The molecule has 21 heavy (non-hydrogen) atoms. The van der Waals surface area contributed by atoms with E-state index >= 15 is 0 Å². The van der Waals surface area contributed by atoms with Gasteiger partial charge in [0.05, 0.1) is 5.92 Å². The number of ether oxygens (including phenoxy) is 1. The molecule has 2 N–H and O–H groups in total. The van der Waals surface area contributed by atoms with E-state index in [0.29, 0.717) is 5.75 Å². The minimum atomic E-state index is -0.813. The van der Waals surface area contributed by atoms with Crippen LogP contribution >= 0.6 is 0 Å². The van der Waals surface area contributed by atoms with Gasteiger partial charge in [-0.1, -0.05) is 24.3 Å². The molecule has 2 aromatic carbocycles. The minimum Gasteiger partial charge on any atom is -0.481 e. The Hall–Kier alpha value is -2.49. The van der Waals surface area contributed by atoms with E-state index in [1.165, 1.54) is 0 Å². The van der Waals surface area contributed by atoms with Crippen LogP contribution in [-0.4, -0.2) is 17.1 Å². The first-order valence-corrected chi connectivity index (χ1v) is 6.88. The van der Waals surface area contributed by atoms with E-state index in [1.807, 2.05) is 61.5 Å². The molecule has 2 unspecified atom stereocenters. The van der Waals surface area contributed by atoms with Crippen molar-refractivity contribution in [3.8, 4) is 11.5 Å². The third-order valence-electron chi connectivity index (χ3n) is 3.35. The van der Waals surface area contributed by atoms with Gasteiger partial charge >= 0.3 is 5.97 Å². The Bertz CT molecular complexity index is 598. The number of para-hydroxylation sites is 1. The number of aliphatic carboxylic acids is 1. The van der Waals surface area contributed by atoms with Crippen LogP contribution in [0.5, 0.6) is 11.5 Å². The highest BCUT2D eigenvalue weighted by molar-refractivity contribution is 5.71. The van der Waals surface area contributed by atoms with Gasteiger partial charge in [-0.2, -0.15) is 0 Å². The van der Waals surface area contributed by atoms with Gasteiger partial charge in [0.25, 0.3) is 0 Å². The molecule has 110 valence electrons. The Morgan fingerprint density at radius 3 is 2.38 bits per heavy atom. The van der Waals surface area contributed by atoms with Crippen molar-refractivity contribution >= 4 is 11.7 Å². The average molecular weight is 285 g/mol. The third kappa shape index (κ3) is 4.24. The number of rotatable bonds is 6. The van der Waals surface area contributed by atoms with Crippen LogP contribution in [0.25, 0.3) is 0 Å². The fourth-order valence-corrected chi connectivity index (χ4v) is 1.88. The summed E-state index contributed by atoms with van der Waals surface area (Å²) in [6.45, 7) is 3.54. The van der Waals surface area contributed by atoms with Crippen molar-refractivity contribution < 1.29 is 14.6 Å². The Morgan fingerprint density at radius 1 is 1.05 bits per heavy atom. The monoisotopic (exact) mass is 285 g/mol. The molecule has 0 aliphatic heterocycles. The van der Waals surface area contributed by atoms with Gasteiger partial charge in [0.1, 0.15) is 11.5 Å². The zero-order valence-electron chi connectivity index (χ0n) is 12.1. The lowest BCUT2D eigenvalue weighted by atomic mass is 10.0. The molecular weight excluding hydrogens is 266 g/mol. The molecule has 0 radical (unpaired) electrons. The second-order valence-corrected chi connectivity index (χ2v) is 5.00. The molecule has 0 aliphatic rings. The highest BCUT2D eigenvalue weighted by Gasteiger charge is 2.19. The molecular formula is C17H19NO3. The second kappa shape index (κ2) is 6.79. The quantitative estimate of drug-likeness (QED) is 0.842. The van der Waals surface area contributed by atoms with Gasteiger partial charge in [0.15, 0.2) is 0 Å². The van der Waals surface area contributed by atoms with E-state index in [4.69, 9.17) is 9.84 Å². The molecule has 0 spiro atoms. The van der Waals surface area contributed by atoms with Gasteiger partial charge in [-0.05, 0) is 38.1 Å². The number of nitrogens with one attached hydrogen (secondary N) is 1. The normalized spacial score (nSPS) is 13.2. The summed E-state index contributed by atoms with van der Waals surface area (Å²) in [5, 5.41) is 12.2. The molecule has 0 heterocycles. The maximum atomic E-state index is 11.0. The zero-order chi connectivity index (χ0) is 15.2. The molecule has 2 aromatic rings. The van der Waals surface area contributed by atoms with Crippen LogP contribution in [-0.2, 0) is 4.79 Å². The minimum absolute atomic E-state index is 0.172. The van der Waals surface area contributed by atoms with Crippen molar-refractivity contribution in [3.63, 3.8) is 0 Å². The number of hydrogen-bond acceptors (Lipinski definition) is 3. The predicted molar refractivity (Wildman–Crippen MR) is 82.8 cm³/mol. The van der Waals surface area contributed by atoms with Crippen molar-refractivity contribution in [2.45, 2.75) is 19.9 Å². The number of benzene rings is 2. The number of carbonyl (C=O) groups is 1.